The zero-order valence-corrected chi connectivity index (χ0v) is 28.2. The van der Waals surface area contributed by atoms with Crippen molar-refractivity contribution in [2.24, 2.45) is 11.8 Å². The average Bonchev–Trinajstić information content (AvgIpc) is 3.37. The minimum atomic E-state index is -1.11. The number of esters is 1. The summed E-state index contributed by atoms with van der Waals surface area (Å²) >= 11 is 0. The van der Waals surface area contributed by atoms with Gasteiger partial charge in [0.25, 0.3) is 0 Å². The van der Waals surface area contributed by atoms with Crippen LogP contribution in [0.3, 0.4) is 0 Å². The molecule has 0 radical (unpaired) electrons. The third-order valence-electron chi connectivity index (χ3n) is 8.77. The van der Waals surface area contributed by atoms with Gasteiger partial charge in [-0.2, -0.15) is 0 Å². The molecule has 11 nitrogen and oxygen atoms in total. The van der Waals surface area contributed by atoms with E-state index in [-0.39, 0.29) is 30.8 Å². The molecule has 1 spiro atoms. The summed E-state index contributed by atoms with van der Waals surface area (Å²) in [5.74, 6) is -4.99. The lowest BCUT2D eigenvalue weighted by Crippen LogP contribution is -2.50. The van der Waals surface area contributed by atoms with Crippen LogP contribution in [0.15, 0.2) is 59.8 Å². The Kier molecular flexibility index (Phi) is 15.8. The molecule has 0 bridgehead atoms. The Morgan fingerprint density at radius 1 is 0.936 bits per heavy atom. The molecule has 0 saturated carbocycles. The summed E-state index contributed by atoms with van der Waals surface area (Å²) in [6, 6.07) is 0. The number of carboxylic acids is 3. The van der Waals surface area contributed by atoms with Crippen molar-refractivity contribution in [3.05, 3.63) is 59.8 Å². The number of hydrogen-bond donors (Lipinski definition) is 4. The maximum Gasteiger partial charge on any atom is 0.328 e. The van der Waals surface area contributed by atoms with Crippen LogP contribution in [0.1, 0.15) is 98.8 Å². The highest BCUT2D eigenvalue weighted by atomic mass is 16.7. The molecule has 2 rings (SSSR count). The normalized spacial score (nSPS) is 27.4. The van der Waals surface area contributed by atoms with Crippen molar-refractivity contribution in [3.63, 3.8) is 0 Å². The van der Waals surface area contributed by atoms with Gasteiger partial charge in [-0.3, -0.25) is 9.59 Å². The van der Waals surface area contributed by atoms with Crippen LogP contribution in [0.25, 0.3) is 0 Å². The van der Waals surface area contributed by atoms with E-state index >= 15 is 0 Å². The summed E-state index contributed by atoms with van der Waals surface area (Å²) in [7, 11) is 0. The second-order valence-corrected chi connectivity index (χ2v) is 12.8. The monoisotopic (exact) mass is 660 g/mol. The van der Waals surface area contributed by atoms with E-state index in [9.17, 15) is 24.3 Å². The van der Waals surface area contributed by atoms with Crippen LogP contribution in [0.5, 0.6) is 0 Å². The minimum absolute atomic E-state index is 0.163. The van der Waals surface area contributed by atoms with Gasteiger partial charge >= 0.3 is 23.9 Å². The van der Waals surface area contributed by atoms with Crippen LogP contribution in [0.4, 0.5) is 0 Å². The first-order valence-electron chi connectivity index (χ1n) is 16.4. The quantitative estimate of drug-likeness (QED) is 0.0755. The van der Waals surface area contributed by atoms with Gasteiger partial charge in [0.15, 0.2) is 5.79 Å². The molecule has 2 heterocycles. The van der Waals surface area contributed by atoms with Crippen LogP contribution >= 0.6 is 0 Å². The first kappa shape index (κ1) is 39.6. The molecular weight excluding hydrogens is 608 g/mol. The first-order chi connectivity index (χ1) is 22.1. The van der Waals surface area contributed by atoms with E-state index in [1.54, 1.807) is 38.2 Å². The fraction of sp³-hybridized carbons (Fsp3) is 0.611. The number of unbranched alkanes of at least 4 members (excludes halogenated alkanes) is 1. The molecule has 0 aliphatic carbocycles. The smallest absolute Gasteiger partial charge is 0.328 e. The molecule has 0 aromatic rings. The summed E-state index contributed by atoms with van der Waals surface area (Å²) in [6.07, 6.45) is 15.0. The summed E-state index contributed by atoms with van der Waals surface area (Å²) in [4.78, 5) is 45.8. The van der Waals surface area contributed by atoms with Crippen molar-refractivity contribution in [2.45, 2.75) is 129 Å². The fourth-order valence-electron chi connectivity index (χ4n) is 5.85. The third-order valence-corrected chi connectivity index (χ3v) is 8.77. The third kappa shape index (κ3) is 13.2. The van der Waals surface area contributed by atoms with Gasteiger partial charge < -0.3 is 34.6 Å². The van der Waals surface area contributed by atoms with E-state index in [4.69, 9.17) is 29.5 Å². The number of ether oxygens (including phenoxy) is 3. The molecule has 0 amide bonds. The zero-order chi connectivity index (χ0) is 35.2. The first-order valence-corrected chi connectivity index (χ1v) is 16.4. The number of carboxylic acid groups (broad SMARTS) is 3. The van der Waals surface area contributed by atoms with E-state index in [1.807, 2.05) is 19.9 Å². The molecule has 11 heteroatoms. The standard InChI is InChI=1S/C36H52O11/c1-6-7-19-35(30(14-10-25(3)23-33(42)43)45-34(44)17-16-32(40)41)21-22-36(47-35)20-18-27(5)29(46-36)13-9-24(2)8-12-28(37)26(4)11-15-31(38)39/h8-12,14-15,23,26-30,37H,6-7,13,16-22H2,1-5H3,(H,38,39)(H,40,41)(H,42,43)/b12-8+,14-10+,15-11+,24-9?,25-23+/t26-,27-,28-,29+,30-,35+,36-/m0/s1. The van der Waals surface area contributed by atoms with Gasteiger partial charge in [0.2, 0.25) is 0 Å². The average molecular weight is 661 g/mol. The van der Waals surface area contributed by atoms with Crippen LogP contribution in [-0.2, 0) is 33.4 Å². The maximum atomic E-state index is 12.8. The number of carbonyl (C=O) groups excluding carboxylic acids is 1. The molecule has 0 unspecified atom stereocenters. The second kappa shape index (κ2) is 18.7. The number of aliphatic carboxylic acids is 3. The number of aliphatic hydroxyl groups is 1. The molecule has 2 fully saturated rings. The van der Waals surface area contributed by atoms with Gasteiger partial charge in [0, 0.05) is 30.9 Å². The van der Waals surface area contributed by atoms with E-state index < -0.39 is 47.5 Å². The Bertz CT molecular complexity index is 1250. The summed E-state index contributed by atoms with van der Waals surface area (Å²) in [6.45, 7) is 9.46. The SMILES string of the molecule is CCCC[C@]1([C@H](/C=C/C(C)=C/C(=O)O)OC(=O)CCC(=O)O)CC[C@]2(CC[C@H](C)[C@@H](CC=C(C)/C=C/[C@H](O)[C@@H](C)/C=C/C(=O)O)O2)O1. The number of carbonyl (C=O) groups is 4. The highest BCUT2D eigenvalue weighted by Crippen LogP contribution is 2.50. The van der Waals surface area contributed by atoms with Crippen molar-refractivity contribution in [1.82, 2.24) is 0 Å². The molecule has 262 valence electrons. The molecule has 0 aromatic heterocycles. The summed E-state index contributed by atoms with van der Waals surface area (Å²) in [5.41, 5.74) is 0.415. The van der Waals surface area contributed by atoms with E-state index in [1.165, 1.54) is 6.08 Å². The van der Waals surface area contributed by atoms with Gasteiger partial charge in [-0.25, -0.2) is 9.59 Å². The van der Waals surface area contributed by atoms with Crippen molar-refractivity contribution in [1.29, 1.82) is 0 Å². The highest BCUT2D eigenvalue weighted by Gasteiger charge is 2.56. The highest BCUT2D eigenvalue weighted by molar-refractivity contribution is 5.81. The van der Waals surface area contributed by atoms with Gasteiger partial charge in [-0.05, 0) is 57.1 Å². The van der Waals surface area contributed by atoms with E-state index in [2.05, 4.69) is 6.92 Å². The Balaban J connectivity index is 2.28. The Hall–Kier alpha value is -3.54. The van der Waals surface area contributed by atoms with Crippen LogP contribution < -0.4 is 0 Å². The maximum absolute atomic E-state index is 12.8. The van der Waals surface area contributed by atoms with E-state index in [0.29, 0.717) is 37.7 Å². The van der Waals surface area contributed by atoms with Crippen molar-refractivity contribution in [2.75, 3.05) is 0 Å². The lowest BCUT2D eigenvalue weighted by atomic mass is 9.85. The lowest BCUT2D eigenvalue weighted by molar-refractivity contribution is -0.308. The van der Waals surface area contributed by atoms with Crippen molar-refractivity contribution in [3.8, 4) is 0 Å². The Morgan fingerprint density at radius 3 is 2.28 bits per heavy atom. The largest absolute Gasteiger partial charge is 0.481 e. The second-order valence-electron chi connectivity index (χ2n) is 12.8. The van der Waals surface area contributed by atoms with Gasteiger partial charge in [-0.15, -0.1) is 0 Å². The predicted octanol–water partition coefficient (Wildman–Crippen LogP) is 6.13. The number of aliphatic hydroxyl groups excluding tert-OH is 1. The summed E-state index contributed by atoms with van der Waals surface area (Å²) < 4.78 is 19.5. The minimum Gasteiger partial charge on any atom is -0.481 e. The molecule has 2 aliphatic heterocycles. The lowest BCUT2D eigenvalue weighted by Gasteiger charge is -2.44. The Morgan fingerprint density at radius 2 is 1.64 bits per heavy atom. The summed E-state index contributed by atoms with van der Waals surface area (Å²) in [5, 5.41) is 37.4. The van der Waals surface area contributed by atoms with Gasteiger partial charge in [0.1, 0.15) is 11.7 Å². The predicted molar refractivity (Wildman–Crippen MR) is 175 cm³/mol. The molecule has 4 N–H and O–H groups in total. The molecular formula is C36H52O11. The van der Waals surface area contributed by atoms with Crippen LogP contribution in [0, 0.1) is 11.8 Å². The topological polar surface area (TPSA) is 177 Å². The van der Waals surface area contributed by atoms with Gasteiger partial charge in [0.05, 0.1) is 25.0 Å². The fourth-order valence-corrected chi connectivity index (χ4v) is 5.85. The molecule has 0 aromatic carbocycles. The Labute approximate surface area is 277 Å². The molecule has 2 aliphatic rings. The molecule has 47 heavy (non-hydrogen) atoms. The van der Waals surface area contributed by atoms with Crippen molar-refractivity contribution >= 4 is 23.9 Å². The van der Waals surface area contributed by atoms with Crippen LogP contribution in [0.2, 0.25) is 0 Å². The molecule has 7 atom stereocenters. The number of allylic oxidation sites excluding steroid dienone is 4. The van der Waals surface area contributed by atoms with E-state index in [0.717, 1.165) is 37.0 Å². The number of rotatable bonds is 18. The van der Waals surface area contributed by atoms with Gasteiger partial charge in [-0.1, -0.05) is 69.6 Å². The van der Waals surface area contributed by atoms with Crippen LogP contribution in [-0.4, -0.2) is 74.0 Å². The number of hydrogen-bond acceptors (Lipinski definition) is 8. The van der Waals surface area contributed by atoms with Crippen molar-refractivity contribution < 1.29 is 53.8 Å². The molecule has 2 saturated heterocycles. The zero-order valence-electron chi connectivity index (χ0n) is 28.2.